The van der Waals surface area contributed by atoms with Gasteiger partial charge in [-0.3, -0.25) is 4.90 Å². The van der Waals surface area contributed by atoms with Gasteiger partial charge in [-0.25, -0.2) is 9.18 Å². The molecule has 90 valence electrons. The summed E-state index contributed by atoms with van der Waals surface area (Å²) in [5.41, 5.74) is 0. The summed E-state index contributed by atoms with van der Waals surface area (Å²) in [7, 11) is 0. The quantitative estimate of drug-likeness (QED) is 0.734. The van der Waals surface area contributed by atoms with Crippen molar-refractivity contribution in [1.29, 1.82) is 0 Å². The van der Waals surface area contributed by atoms with E-state index < -0.39 is 18.1 Å². The lowest BCUT2D eigenvalue weighted by molar-refractivity contribution is -0.0383. The van der Waals surface area contributed by atoms with Gasteiger partial charge in [0.05, 0.1) is 18.8 Å². The Kier molecular flexibility index (Phi) is 3.11. The third-order valence-electron chi connectivity index (χ3n) is 2.85. The summed E-state index contributed by atoms with van der Waals surface area (Å²) in [6.45, 7) is 1.50. The van der Waals surface area contributed by atoms with E-state index in [1.54, 1.807) is 6.92 Å². The highest BCUT2D eigenvalue weighted by Gasteiger charge is 2.35. The summed E-state index contributed by atoms with van der Waals surface area (Å²) in [6.07, 6.45) is 1.73. The van der Waals surface area contributed by atoms with E-state index in [2.05, 4.69) is 5.32 Å². The lowest BCUT2D eigenvalue weighted by atomic mass is 10.2. The first kappa shape index (κ1) is 11.3. The van der Waals surface area contributed by atoms with E-state index in [4.69, 9.17) is 9.84 Å². The molecular weight excluding hydrogens is 215 g/mol. The predicted octanol–water partition coefficient (Wildman–Crippen LogP) is 0.708. The van der Waals surface area contributed by atoms with Gasteiger partial charge in [0.25, 0.3) is 0 Å². The van der Waals surface area contributed by atoms with Gasteiger partial charge in [-0.05, 0) is 19.8 Å². The number of urea groups is 1. The molecule has 5 nitrogen and oxygen atoms in total. The van der Waals surface area contributed by atoms with E-state index in [1.165, 1.54) is 11.1 Å². The van der Waals surface area contributed by atoms with Gasteiger partial charge in [0.15, 0.2) is 0 Å². The maximum atomic E-state index is 13.3. The Labute approximate surface area is 92.9 Å². The first-order chi connectivity index (χ1) is 7.61. The molecule has 2 rings (SSSR count). The average Bonchev–Trinajstić information content (AvgIpc) is 2.71. The molecule has 0 spiro atoms. The van der Waals surface area contributed by atoms with Crippen LogP contribution in [0.3, 0.4) is 0 Å². The summed E-state index contributed by atoms with van der Waals surface area (Å²) in [4.78, 5) is 12.8. The van der Waals surface area contributed by atoms with Crippen LogP contribution in [0.15, 0.2) is 12.0 Å². The minimum absolute atomic E-state index is 0.0748. The SMILES string of the molecule is CC1NC(=O)N(C2CCC(CO)O2)C=C1F. The number of carbonyl (C=O) groups is 1. The van der Waals surface area contributed by atoms with Crippen molar-refractivity contribution in [1.82, 2.24) is 10.2 Å². The zero-order valence-corrected chi connectivity index (χ0v) is 9.02. The first-order valence-electron chi connectivity index (χ1n) is 5.34. The molecule has 2 amide bonds. The number of amides is 2. The number of nitrogens with one attached hydrogen (secondary N) is 1. The number of aliphatic hydroxyl groups is 1. The molecule has 0 aromatic heterocycles. The Bertz CT molecular complexity index is 321. The second-order valence-corrected chi connectivity index (χ2v) is 4.07. The molecule has 3 atom stereocenters. The van der Waals surface area contributed by atoms with E-state index >= 15 is 0 Å². The molecule has 0 radical (unpaired) electrons. The standard InChI is InChI=1S/C10H15FN2O3/c1-6-8(11)4-13(10(15)12-6)9-3-2-7(5-14)16-9/h4,6-7,9,14H,2-3,5H2,1H3,(H,12,15). The fourth-order valence-corrected chi connectivity index (χ4v) is 1.87. The summed E-state index contributed by atoms with van der Waals surface area (Å²) < 4.78 is 18.7. The molecule has 1 saturated heterocycles. The van der Waals surface area contributed by atoms with Gasteiger partial charge in [-0.2, -0.15) is 0 Å². The summed E-state index contributed by atoms with van der Waals surface area (Å²) >= 11 is 0. The van der Waals surface area contributed by atoms with Crippen LogP contribution in [0.2, 0.25) is 0 Å². The van der Waals surface area contributed by atoms with Crippen molar-refractivity contribution < 1.29 is 19.0 Å². The Morgan fingerprint density at radius 2 is 2.44 bits per heavy atom. The van der Waals surface area contributed by atoms with Crippen LogP contribution in [0.4, 0.5) is 9.18 Å². The van der Waals surface area contributed by atoms with E-state index in [1.807, 2.05) is 0 Å². The molecule has 16 heavy (non-hydrogen) atoms. The van der Waals surface area contributed by atoms with Crippen LogP contribution in [-0.2, 0) is 4.74 Å². The molecule has 0 bridgehead atoms. The second-order valence-electron chi connectivity index (χ2n) is 4.07. The Balaban J connectivity index is 2.07. The van der Waals surface area contributed by atoms with Gasteiger partial charge in [0.1, 0.15) is 12.1 Å². The van der Waals surface area contributed by atoms with Crippen LogP contribution in [0.5, 0.6) is 0 Å². The van der Waals surface area contributed by atoms with E-state index in [9.17, 15) is 9.18 Å². The molecule has 0 aromatic rings. The van der Waals surface area contributed by atoms with Gasteiger partial charge < -0.3 is 15.2 Å². The average molecular weight is 230 g/mol. The van der Waals surface area contributed by atoms with Crippen molar-refractivity contribution >= 4 is 6.03 Å². The zero-order valence-electron chi connectivity index (χ0n) is 9.02. The fourth-order valence-electron chi connectivity index (χ4n) is 1.87. The van der Waals surface area contributed by atoms with Crippen molar-refractivity contribution in [3.05, 3.63) is 12.0 Å². The highest BCUT2D eigenvalue weighted by molar-refractivity contribution is 5.77. The number of carbonyl (C=O) groups excluding carboxylic acids is 1. The molecule has 0 aliphatic carbocycles. The number of ether oxygens (including phenoxy) is 1. The van der Waals surface area contributed by atoms with Gasteiger partial charge in [-0.1, -0.05) is 0 Å². The van der Waals surface area contributed by atoms with Crippen LogP contribution in [0.25, 0.3) is 0 Å². The monoisotopic (exact) mass is 230 g/mol. The molecule has 2 aliphatic rings. The minimum Gasteiger partial charge on any atom is -0.394 e. The molecule has 3 unspecified atom stereocenters. The van der Waals surface area contributed by atoms with E-state index in [-0.39, 0.29) is 18.7 Å². The topological polar surface area (TPSA) is 61.8 Å². The van der Waals surface area contributed by atoms with Gasteiger partial charge in [0, 0.05) is 6.20 Å². The number of halogens is 1. The van der Waals surface area contributed by atoms with Crippen LogP contribution >= 0.6 is 0 Å². The number of hydrogen-bond acceptors (Lipinski definition) is 3. The number of nitrogens with zero attached hydrogens (tertiary/aromatic N) is 1. The Morgan fingerprint density at radius 3 is 3.06 bits per heavy atom. The lowest BCUT2D eigenvalue weighted by Gasteiger charge is -2.31. The van der Waals surface area contributed by atoms with E-state index in [0.29, 0.717) is 12.8 Å². The highest BCUT2D eigenvalue weighted by Crippen LogP contribution is 2.25. The Morgan fingerprint density at radius 1 is 1.69 bits per heavy atom. The molecule has 1 fully saturated rings. The van der Waals surface area contributed by atoms with Crippen molar-refractivity contribution in [2.24, 2.45) is 0 Å². The highest BCUT2D eigenvalue weighted by atomic mass is 19.1. The maximum Gasteiger partial charge on any atom is 0.324 e. The predicted molar refractivity (Wildman–Crippen MR) is 54.0 cm³/mol. The van der Waals surface area contributed by atoms with Gasteiger partial charge in [0.2, 0.25) is 0 Å². The molecule has 2 aliphatic heterocycles. The third-order valence-corrected chi connectivity index (χ3v) is 2.85. The third kappa shape index (κ3) is 2.03. The molecule has 2 heterocycles. The molecule has 0 saturated carbocycles. The zero-order chi connectivity index (χ0) is 11.7. The smallest absolute Gasteiger partial charge is 0.324 e. The second kappa shape index (κ2) is 4.39. The van der Waals surface area contributed by atoms with E-state index in [0.717, 1.165) is 0 Å². The number of hydrogen-bond donors (Lipinski definition) is 2. The Hall–Kier alpha value is -1.14. The van der Waals surface area contributed by atoms with Crippen molar-refractivity contribution in [2.45, 2.75) is 38.1 Å². The number of rotatable bonds is 2. The normalized spacial score (nSPS) is 34.9. The van der Waals surface area contributed by atoms with Crippen molar-refractivity contribution in [2.75, 3.05) is 6.61 Å². The summed E-state index contributed by atoms with van der Waals surface area (Å²) in [6, 6.07) is -0.948. The van der Waals surface area contributed by atoms with Gasteiger partial charge >= 0.3 is 6.03 Å². The number of aliphatic hydroxyl groups excluding tert-OH is 1. The van der Waals surface area contributed by atoms with Crippen molar-refractivity contribution in [3.63, 3.8) is 0 Å². The first-order valence-corrected chi connectivity index (χ1v) is 5.34. The maximum absolute atomic E-state index is 13.3. The summed E-state index contributed by atoms with van der Waals surface area (Å²) in [5, 5.41) is 11.4. The fraction of sp³-hybridized carbons (Fsp3) is 0.700. The lowest BCUT2D eigenvalue weighted by Crippen LogP contribution is -2.50. The minimum atomic E-state index is -0.584. The van der Waals surface area contributed by atoms with Crippen molar-refractivity contribution in [3.8, 4) is 0 Å². The van der Waals surface area contributed by atoms with Crippen LogP contribution < -0.4 is 5.32 Å². The van der Waals surface area contributed by atoms with Crippen LogP contribution in [-0.4, -0.2) is 41.0 Å². The largest absolute Gasteiger partial charge is 0.394 e. The molecular formula is C10H15FN2O3. The van der Waals surface area contributed by atoms with Crippen LogP contribution in [0.1, 0.15) is 19.8 Å². The molecule has 0 aromatic carbocycles. The summed E-state index contributed by atoms with van der Waals surface area (Å²) in [5.74, 6) is -0.393. The van der Waals surface area contributed by atoms with Crippen LogP contribution in [0, 0.1) is 0 Å². The van der Waals surface area contributed by atoms with Gasteiger partial charge in [-0.15, -0.1) is 0 Å². The molecule has 6 heteroatoms. The molecule has 2 N–H and O–H groups in total.